The molecule has 0 aliphatic carbocycles. The lowest BCUT2D eigenvalue weighted by Gasteiger charge is -2.34. The molecule has 0 aromatic rings. The number of hydrogen-bond donors (Lipinski definition) is 1. The molecule has 1 aliphatic rings. The fourth-order valence-corrected chi connectivity index (χ4v) is 2.29. The second kappa shape index (κ2) is 5.61. The highest BCUT2D eigenvalue weighted by molar-refractivity contribution is 5.86. The zero-order valence-corrected chi connectivity index (χ0v) is 10.1. The highest BCUT2D eigenvalue weighted by atomic mass is 16.5. The van der Waals surface area contributed by atoms with Crippen LogP contribution in [0.1, 0.15) is 33.1 Å². The molecule has 0 radical (unpaired) electrons. The maximum Gasteiger partial charge on any atom is 0.142 e. The van der Waals surface area contributed by atoms with Gasteiger partial charge in [-0.3, -0.25) is 4.79 Å². The van der Waals surface area contributed by atoms with E-state index in [1.165, 1.54) is 0 Å². The number of carbonyl (C=O) groups excluding carboxylic acids is 1. The van der Waals surface area contributed by atoms with E-state index >= 15 is 0 Å². The van der Waals surface area contributed by atoms with Gasteiger partial charge in [-0.1, -0.05) is 13.8 Å². The Balaban J connectivity index is 2.49. The van der Waals surface area contributed by atoms with Gasteiger partial charge in [-0.15, -0.1) is 0 Å². The Kier molecular flexibility index (Phi) is 4.74. The minimum absolute atomic E-state index is 0.120. The minimum atomic E-state index is -0.147. The minimum Gasteiger partial charge on any atom is -0.385 e. The van der Waals surface area contributed by atoms with Crippen LogP contribution in [0.2, 0.25) is 0 Å². The maximum atomic E-state index is 12.2. The topological polar surface area (TPSA) is 38.3 Å². The van der Waals surface area contributed by atoms with Crippen LogP contribution in [0.4, 0.5) is 0 Å². The summed E-state index contributed by atoms with van der Waals surface area (Å²) in [5.41, 5.74) is -0.147. The van der Waals surface area contributed by atoms with Crippen molar-refractivity contribution in [3.05, 3.63) is 0 Å². The van der Waals surface area contributed by atoms with E-state index < -0.39 is 0 Å². The number of ether oxygens (including phenoxy) is 1. The molecule has 2 unspecified atom stereocenters. The van der Waals surface area contributed by atoms with Gasteiger partial charge in [-0.2, -0.15) is 0 Å². The second-order valence-corrected chi connectivity index (χ2v) is 4.89. The van der Waals surface area contributed by atoms with Crippen LogP contribution in [0, 0.1) is 11.3 Å². The molecule has 1 aliphatic heterocycles. The summed E-state index contributed by atoms with van der Waals surface area (Å²) in [5, 5.41) is 3.32. The zero-order valence-electron chi connectivity index (χ0n) is 10.1. The largest absolute Gasteiger partial charge is 0.385 e. The van der Waals surface area contributed by atoms with Crippen molar-refractivity contribution in [2.75, 3.05) is 26.8 Å². The zero-order chi connectivity index (χ0) is 11.3. The molecule has 1 heterocycles. The van der Waals surface area contributed by atoms with Crippen molar-refractivity contribution < 1.29 is 9.53 Å². The Hall–Kier alpha value is -0.410. The van der Waals surface area contributed by atoms with Crippen molar-refractivity contribution in [3.63, 3.8) is 0 Å². The molecule has 0 saturated carbocycles. The van der Waals surface area contributed by atoms with Gasteiger partial charge >= 0.3 is 0 Å². The van der Waals surface area contributed by atoms with Crippen LogP contribution in [0.25, 0.3) is 0 Å². The average Bonchev–Trinajstić information content (AvgIpc) is 2.26. The van der Waals surface area contributed by atoms with Gasteiger partial charge in [0.25, 0.3) is 0 Å². The van der Waals surface area contributed by atoms with Crippen molar-refractivity contribution in [1.82, 2.24) is 5.32 Å². The monoisotopic (exact) mass is 213 g/mol. The first kappa shape index (κ1) is 12.7. The van der Waals surface area contributed by atoms with Gasteiger partial charge in [0.1, 0.15) is 5.78 Å². The van der Waals surface area contributed by atoms with E-state index in [1.807, 2.05) is 6.92 Å². The number of piperidine rings is 1. The van der Waals surface area contributed by atoms with E-state index in [2.05, 4.69) is 12.2 Å². The average molecular weight is 213 g/mol. The van der Waals surface area contributed by atoms with Crippen molar-refractivity contribution >= 4 is 5.78 Å². The maximum absolute atomic E-state index is 12.2. The molecule has 3 heteroatoms. The van der Waals surface area contributed by atoms with E-state index in [-0.39, 0.29) is 11.3 Å². The standard InChI is InChI=1S/C12H23NO2/c1-10(5-8-15-3)11(14)12(2)6-4-7-13-9-12/h10,13H,4-9H2,1-3H3. The molecular weight excluding hydrogens is 190 g/mol. The molecule has 0 aromatic carbocycles. The molecule has 3 nitrogen and oxygen atoms in total. The smallest absolute Gasteiger partial charge is 0.142 e. The lowest BCUT2D eigenvalue weighted by atomic mass is 9.74. The SMILES string of the molecule is COCCC(C)C(=O)C1(C)CCCNC1. The lowest BCUT2D eigenvalue weighted by Crippen LogP contribution is -2.45. The van der Waals surface area contributed by atoms with Crippen molar-refractivity contribution in [3.8, 4) is 0 Å². The summed E-state index contributed by atoms with van der Waals surface area (Å²) in [4.78, 5) is 12.2. The van der Waals surface area contributed by atoms with Crippen LogP contribution in [-0.2, 0) is 9.53 Å². The summed E-state index contributed by atoms with van der Waals surface area (Å²) in [6, 6.07) is 0. The van der Waals surface area contributed by atoms with E-state index in [4.69, 9.17) is 4.74 Å². The van der Waals surface area contributed by atoms with Gasteiger partial charge in [0.2, 0.25) is 0 Å². The normalized spacial score (nSPS) is 28.7. The Bertz CT molecular complexity index is 210. The molecule has 1 fully saturated rings. The molecular formula is C12H23NO2. The molecule has 0 aromatic heterocycles. The van der Waals surface area contributed by atoms with E-state index in [1.54, 1.807) is 7.11 Å². The van der Waals surface area contributed by atoms with Gasteiger partial charge in [0, 0.05) is 31.6 Å². The molecule has 1 saturated heterocycles. The lowest BCUT2D eigenvalue weighted by molar-refractivity contribution is -0.133. The summed E-state index contributed by atoms with van der Waals surface area (Å²) in [6.45, 7) is 6.67. The Morgan fingerprint density at radius 1 is 1.60 bits per heavy atom. The number of Topliss-reactive ketones (excluding diaryl/α,β-unsaturated/α-hetero) is 1. The number of methoxy groups -OCH3 is 1. The fourth-order valence-electron chi connectivity index (χ4n) is 2.29. The number of hydrogen-bond acceptors (Lipinski definition) is 3. The molecule has 0 amide bonds. The van der Waals surface area contributed by atoms with E-state index in [9.17, 15) is 4.79 Å². The Morgan fingerprint density at radius 3 is 2.87 bits per heavy atom. The fraction of sp³-hybridized carbons (Fsp3) is 0.917. The molecule has 0 spiro atoms. The summed E-state index contributed by atoms with van der Waals surface area (Å²) < 4.78 is 5.02. The number of nitrogens with one attached hydrogen (secondary N) is 1. The number of ketones is 1. The third-order valence-electron chi connectivity index (χ3n) is 3.39. The van der Waals surface area contributed by atoms with Crippen LogP contribution in [0.3, 0.4) is 0 Å². The molecule has 1 rings (SSSR count). The van der Waals surface area contributed by atoms with Gasteiger partial charge in [0.05, 0.1) is 0 Å². The number of carbonyl (C=O) groups is 1. The van der Waals surface area contributed by atoms with Gasteiger partial charge < -0.3 is 10.1 Å². The first-order chi connectivity index (χ1) is 7.10. The van der Waals surface area contributed by atoms with Crippen molar-refractivity contribution in [2.24, 2.45) is 11.3 Å². The van der Waals surface area contributed by atoms with Crippen molar-refractivity contribution in [2.45, 2.75) is 33.1 Å². The summed E-state index contributed by atoms with van der Waals surface area (Å²) >= 11 is 0. The molecule has 88 valence electrons. The summed E-state index contributed by atoms with van der Waals surface area (Å²) in [7, 11) is 1.68. The molecule has 0 bridgehead atoms. The van der Waals surface area contributed by atoms with E-state index in [0.717, 1.165) is 32.4 Å². The summed E-state index contributed by atoms with van der Waals surface area (Å²) in [6.07, 6.45) is 2.97. The highest BCUT2D eigenvalue weighted by Gasteiger charge is 2.36. The predicted octanol–water partition coefficient (Wildman–Crippen LogP) is 1.62. The first-order valence-electron chi connectivity index (χ1n) is 5.84. The van der Waals surface area contributed by atoms with Crippen LogP contribution in [0.5, 0.6) is 0 Å². The molecule has 15 heavy (non-hydrogen) atoms. The van der Waals surface area contributed by atoms with Gasteiger partial charge in [0.15, 0.2) is 0 Å². The summed E-state index contributed by atoms with van der Waals surface area (Å²) in [5.74, 6) is 0.515. The molecule has 1 N–H and O–H groups in total. The first-order valence-corrected chi connectivity index (χ1v) is 5.84. The Labute approximate surface area is 92.6 Å². The Morgan fingerprint density at radius 2 is 2.33 bits per heavy atom. The number of rotatable bonds is 5. The molecule has 2 atom stereocenters. The predicted molar refractivity (Wildman–Crippen MR) is 60.9 cm³/mol. The van der Waals surface area contributed by atoms with Crippen LogP contribution >= 0.6 is 0 Å². The second-order valence-electron chi connectivity index (χ2n) is 4.89. The van der Waals surface area contributed by atoms with Crippen molar-refractivity contribution in [1.29, 1.82) is 0 Å². The third-order valence-corrected chi connectivity index (χ3v) is 3.39. The van der Waals surface area contributed by atoms with E-state index in [0.29, 0.717) is 12.4 Å². The van der Waals surface area contributed by atoms with Crippen LogP contribution < -0.4 is 5.32 Å². The van der Waals surface area contributed by atoms with Gasteiger partial charge in [-0.05, 0) is 25.8 Å². The van der Waals surface area contributed by atoms with Crippen LogP contribution in [-0.4, -0.2) is 32.6 Å². The third kappa shape index (κ3) is 3.28. The quantitative estimate of drug-likeness (QED) is 0.754. The van der Waals surface area contributed by atoms with Gasteiger partial charge in [-0.25, -0.2) is 0 Å². The van der Waals surface area contributed by atoms with Crippen LogP contribution in [0.15, 0.2) is 0 Å². The highest BCUT2D eigenvalue weighted by Crippen LogP contribution is 2.30.